The van der Waals surface area contributed by atoms with Crippen molar-refractivity contribution in [3.05, 3.63) is 33.8 Å². The van der Waals surface area contributed by atoms with Gasteiger partial charge in [-0.05, 0) is 29.7 Å². The molecule has 0 aliphatic rings. The molecule has 0 aromatic heterocycles. The molecular formula is C18H31BrN2. The number of nitrogens with zero attached hydrogens (tertiary/aromatic N) is 1. The molecule has 0 heterocycles. The third-order valence-electron chi connectivity index (χ3n) is 3.94. The molecule has 1 unspecified atom stereocenters. The Kier molecular flexibility index (Phi) is 8.53. The molecule has 1 aromatic carbocycles. The van der Waals surface area contributed by atoms with E-state index in [0.717, 1.165) is 25.6 Å². The SMILES string of the molecule is CCC(C)CN(CC)Cc1ccc(CNC(C)C)cc1Br. The molecule has 0 aliphatic heterocycles. The van der Waals surface area contributed by atoms with Gasteiger partial charge in [-0.25, -0.2) is 0 Å². The molecule has 0 saturated heterocycles. The van der Waals surface area contributed by atoms with Crippen LogP contribution in [0.2, 0.25) is 0 Å². The highest BCUT2D eigenvalue weighted by molar-refractivity contribution is 9.10. The molecule has 0 saturated carbocycles. The molecule has 1 aromatic rings. The van der Waals surface area contributed by atoms with Crippen molar-refractivity contribution in [3.8, 4) is 0 Å². The molecule has 0 spiro atoms. The van der Waals surface area contributed by atoms with Crippen LogP contribution in [0.4, 0.5) is 0 Å². The van der Waals surface area contributed by atoms with Gasteiger partial charge in [0.05, 0.1) is 0 Å². The average Bonchev–Trinajstić information content (AvgIpc) is 2.46. The molecular weight excluding hydrogens is 324 g/mol. The van der Waals surface area contributed by atoms with Crippen LogP contribution in [0.1, 0.15) is 52.2 Å². The van der Waals surface area contributed by atoms with Crippen molar-refractivity contribution >= 4 is 15.9 Å². The monoisotopic (exact) mass is 354 g/mol. The fraction of sp³-hybridized carbons (Fsp3) is 0.667. The summed E-state index contributed by atoms with van der Waals surface area (Å²) in [6.07, 6.45) is 1.25. The summed E-state index contributed by atoms with van der Waals surface area (Å²) < 4.78 is 1.23. The van der Waals surface area contributed by atoms with E-state index in [1.807, 2.05) is 0 Å². The second kappa shape index (κ2) is 9.60. The normalized spacial score (nSPS) is 13.1. The molecule has 0 aliphatic carbocycles. The lowest BCUT2D eigenvalue weighted by atomic mass is 10.1. The third-order valence-corrected chi connectivity index (χ3v) is 4.68. The zero-order valence-corrected chi connectivity index (χ0v) is 15.8. The highest BCUT2D eigenvalue weighted by atomic mass is 79.9. The van der Waals surface area contributed by atoms with Gasteiger partial charge >= 0.3 is 0 Å². The van der Waals surface area contributed by atoms with E-state index in [1.54, 1.807) is 0 Å². The molecule has 1 rings (SSSR count). The van der Waals surface area contributed by atoms with E-state index in [-0.39, 0.29) is 0 Å². The van der Waals surface area contributed by atoms with E-state index in [1.165, 1.54) is 28.6 Å². The van der Waals surface area contributed by atoms with Crippen LogP contribution in [-0.2, 0) is 13.1 Å². The first-order chi connectivity index (χ1) is 9.96. The second-order valence-electron chi connectivity index (χ2n) is 6.30. The van der Waals surface area contributed by atoms with Gasteiger partial charge in [-0.1, -0.05) is 69.1 Å². The van der Waals surface area contributed by atoms with Crippen molar-refractivity contribution < 1.29 is 0 Å². The Morgan fingerprint density at radius 3 is 2.43 bits per heavy atom. The van der Waals surface area contributed by atoms with Gasteiger partial charge in [0.1, 0.15) is 0 Å². The number of hydrogen-bond acceptors (Lipinski definition) is 2. The lowest BCUT2D eigenvalue weighted by Gasteiger charge is -2.24. The first-order valence-corrected chi connectivity index (χ1v) is 8.98. The van der Waals surface area contributed by atoms with Crippen LogP contribution in [0, 0.1) is 5.92 Å². The summed E-state index contributed by atoms with van der Waals surface area (Å²) >= 11 is 3.74. The van der Waals surface area contributed by atoms with Gasteiger partial charge in [0, 0.05) is 30.1 Å². The number of halogens is 1. The summed E-state index contributed by atoms with van der Waals surface area (Å²) in [5.74, 6) is 0.762. The standard InChI is InChI=1S/C18H31BrN2/c1-6-15(5)12-21(7-2)13-17-9-8-16(10-18(17)19)11-20-14(3)4/h8-10,14-15,20H,6-7,11-13H2,1-5H3. The largest absolute Gasteiger partial charge is 0.310 e. The summed E-state index contributed by atoms with van der Waals surface area (Å²) in [6, 6.07) is 7.28. The maximum Gasteiger partial charge on any atom is 0.0244 e. The van der Waals surface area contributed by atoms with Gasteiger partial charge in [-0.2, -0.15) is 0 Å². The van der Waals surface area contributed by atoms with Crippen LogP contribution in [0.5, 0.6) is 0 Å². The Morgan fingerprint density at radius 2 is 1.90 bits per heavy atom. The Bertz CT molecular complexity index is 418. The van der Waals surface area contributed by atoms with E-state index in [2.05, 4.69) is 79.0 Å². The smallest absolute Gasteiger partial charge is 0.0244 e. The maximum atomic E-state index is 3.74. The molecule has 0 amide bonds. The van der Waals surface area contributed by atoms with Crippen LogP contribution in [0.15, 0.2) is 22.7 Å². The predicted octanol–water partition coefficient (Wildman–Crippen LogP) is 4.82. The van der Waals surface area contributed by atoms with Crippen molar-refractivity contribution in [2.24, 2.45) is 5.92 Å². The molecule has 1 atom stereocenters. The Balaban J connectivity index is 2.66. The van der Waals surface area contributed by atoms with Crippen molar-refractivity contribution in [2.45, 2.75) is 60.2 Å². The highest BCUT2D eigenvalue weighted by Gasteiger charge is 2.10. The van der Waals surface area contributed by atoms with Crippen LogP contribution in [0.3, 0.4) is 0 Å². The minimum atomic E-state index is 0.523. The number of benzene rings is 1. The van der Waals surface area contributed by atoms with Crippen molar-refractivity contribution in [2.75, 3.05) is 13.1 Å². The summed E-state index contributed by atoms with van der Waals surface area (Å²) in [4.78, 5) is 2.53. The predicted molar refractivity (Wildman–Crippen MR) is 96.5 cm³/mol. The first-order valence-electron chi connectivity index (χ1n) is 8.19. The van der Waals surface area contributed by atoms with Crippen LogP contribution in [-0.4, -0.2) is 24.0 Å². The number of rotatable bonds is 9. The Hall–Kier alpha value is -0.380. The summed E-state index contributed by atoms with van der Waals surface area (Å²) in [6.45, 7) is 15.4. The Morgan fingerprint density at radius 1 is 1.19 bits per heavy atom. The fourth-order valence-corrected chi connectivity index (χ4v) is 2.82. The van der Waals surface area contributed by atoms with E-state index in [9.17, 15) is 0 Å². The third kappa shape index (κ3) is 6.94. The molecule has 0 radical (unpaired) electrons. The van der Waals surface area contributed by atoms with Gasteiger partial charge in [0.25, 0.3) is 0 Å². The second-order valence-corrected chi connectivity index (χ2v) is 7.16. The molecule has 1 N–H and O–H groups in total. The summed E-state index contributed by atoms with van der Waals surface area (Å²) in [7, 11) is 0. The van der Waals surface area contributed by atoms with Gasteiger partial charge in [0.15, 0.2) is 0 Å². The highest BCUT2D eigenvalue weighted by Crippen LogP contribution is 2.21. The number of hydrogen-bond donors (Lipinski definition) is 1. The van der Waals surface area contributed by atoms with Crippen LogP contribution < -0.4 is 5.32 Å². The van der Waals surface area contributed by atoms with E-state index >= 15 is 0 Å². The molecule has 120 valence electrons. The summed E-state index contributed by atoms with van der Waals surface area (Å²) in [5, 5.41) is 3.46. The van der Waals surface area contributed by atoms with Gasteiger partial charge in [-0.15, -0.1) is 0 Å². The molecule has 21 heavy (non-hydrogen) atoms. The quantitative estimate of drug-likeness (QED) is 0.684. The lowest BCUT2D eigenvalue weighted by molar-refractivity contribution is 0.237. The molecule has 0 bridgehead atoms. The Labute approximate surface area is 139 Å². The van der Waals surface area contributed by atoms with E-state index in [0.29, 0.717) is 6.04 Å². The van der Waals surface area contributed by atoms with Crippen molar-refractivity contribution in [1.29, 1.82) is 0 Å². The molecule has 2 nitrogen and oxygen atoms in total. The van der Waals surface area contributed by atoms with Gasteiger partial charge in [-0.3, -0.25) is 4.90 Å². The number of nitrogens with one attached hydrogen (secondary N) is 1. The molecule has 0 fully saturated rings. The van der Waals surface area contributed by atoms with Gasteiger partial charge < -0.3 is 5.32 Å². The lowest BCUT2D eigenvalue weighted by Crippen LogP contribution is -2.28. The summed E-state index contributed by atoms with van der Waals surface area (Å²) in [5.41, 5.74) is 2.72. The molecule has 3 heteroatoms. The average molecular weight is 355 g/mol. The zero-order chi connectivity index (χ0) is 15.8. The maximum absolute atomic E-state index is 3.74. The van der Waals surface area contributed by atoms with Crippen molar-refractivity contribution in [3.63, 3.8) is 0 Å². The van der Waals surface area contributed by atoms with Crippen molar-refractivity contribution in [1.82, 2.24) is 10.2 Å². The van der Waals surface area contributed by atoms with Crippen LogP contribution in [0.25, 0.3) is 0 Å². The van der Waals surface area contributed by atoms with Gasteiger partial charge in [0.2, 0.25) is 0 Å². The van der Waals surface area contributed by atoms with E-state index < -0.39 is 0 Å². The zero-order valence-electron chi connectivity index (χ0n) is 14.2. The topological polar surface area (TPSA) is 15.3 Å². The van der Waals surface area contributed by atoms with E-state index in [4.69, 9.17) is 0 Å². The fourth-order valence-electron chi connectivity index (χ4n) is 2.27. The van der Waals surface area contributed by atoms with Crippen LogP contribution >= 0.6 is 15.9 Å². The minimum absolute atomic E-state index is 0.523. The first kappa shape index (κ1) is 18.7. The minimum Gasteiger partial charge on any atom is -0.310 e.